The zero-order valence-corrected chi connectivity index (χ0v) is 9.33. The third-order valence-electron chi connectivity index (χ3n) is 2.19. The first-order chi connectivity index (χ1) is 7.20. The van der Waals surface area contributed by atoms with E-state index in [2.05, 4.69) is 20.9 Å². The van der Waals surface area contributed by atoms with Gasteiger partial charge in [0.25, 0.3) is 0 Å². The Labute approximate surface area is 94.9 Å². The van der Waals surface area contributed by atoms with Crippen molar-refractivity contribution in [1.29, 1.82) is 0 Å². The lowest BCUT2D eigenvalue weighted by Crippen LogP contribution is -2.03. The van der Waals surface area contributed by atoms with Crippen LogP contribution in [0.4, 0.5) is 4.39 Å². The van der Waals surface area contributed by atoms with E-state index in [1.165, 1.54) is 6.07 Å². The second-order valence-corrected chi connectivity index (χ2v) is 4.02. The molecule has 2 rings (SSSR count). The van der Waals surface area contributed by atoms with E-state index in [0.29, 0.717) is 10.2 Å². The lowest BCUT2D eigenvalue weighted by Gasteiger charge is -2.12. The number of aliphatic hydroxyl groups excluding tert-OH is 1. The van der Waals surface area contributed by atoms with Gasteiger partial charge in [0.1, 0.15) is 11.9 Å². The molecule has 1 aromatic carbocycles. The quantitative estimate of drug-likeness (QED) is 0.864. The first-order valence-electron chi connectivity index (χ1n) is 4.45. The van der Waals surface area contributed by atoms with Gasteiger partial charge in [-0.3, -0.25) is 0 Å². The molecule has 0 radical (unpaired) electrons. The summed E-state index contributed by atoms with van der Waals surface area (Å²) in [7, 11) is 0. The Kier molecular flexibility index (Phi) is 2.88. The van der Waals surface area contributed by atoms with Gasteiger partial charge in [-0.25, -0.2) is 4.39 Å². The fraction of sp³-hybridized carbons (Fsp3) is 0.0909. The Morgan fingerprint density at radius 3 is 2.67 bits per heavy atom. The molecule has 2 N–H and O–H groups in total. The summed E-state index contributed by atoms with van der Waals surface area (Å²) >= 11 is 3.22. The van der Waals surface area contributed by atoms with Crippen molar-refractivity contribution in [1.82, 2.24) is 4.98 Å². The molecule has 2 aromatic rings. The highest BCUT2D eigenvalue weighted by molar-refractivity contribution is 9.10. The van der Waals surface area contributed by atoms with Gasteiger partial charge in [0.05, 0.1) is 0 Å². The minimum atomic E-state index is -0.976. The van der Waals surface area contributed by atoms with Gasteiger partial charge >= 0.3 is 0 Å². The molecule has 0 aliphatic rings. The number of benzene rings is 1. The van der Waals surface area contributed by atoms with E-state index < -0.39 is 11.9 Å². The SMILES string of the molecule is OC(c1ccc[nH]1)c1c(F)cccc1Br. The Morgan fingerprint density at radius 2 is 2.07 bits per heavy atom. The van der Waals surface area contributed by atoms with Crippen LogP contribution in [0.15, 0.2) is 41.0 Å². The molecule has 1 heterocycles. The van der Waals surface area contributed by atoms with Crippen molar-refractivity contribution < 1.29 is 9.50 Å². The van der Waals surface area contributed by atoms with Gasteiger partial charge in [0, 0.05) is 21.9 Å². The van der Waals surface area contributed by atoms with Gasteiger partial charge in [-0.1, -0.05) is 22.0 Å². The molecule has 0 aliphatic carbocycles. The Hall–Kier alpha value is -1.13. The third kappa shape index (κ3) is 1.96. The van der Waals surface area contributed by atoms with Crippen LogP contribution in [0.3, 0.4) is 0 Å². The maximum absolute atomic E-state index is 13.5. The molecule has 0 saturated carbocycles. The largest absolute Gasteiger partial charge is 0.382 e. The average Bonchev–Trinajstić information content (AvgIpc) is 2.69. The predicted octanol–water partition coefficient (Wildman–Crippen LogP) is 3.00. The van der Waals surface area contributed by atoms with Crippen molar-refractivity contribution >= 4 is 15.9 Å². The van der Waals surface area contributed by atoms with Crippen molar-refractivity contribution in [3.8, 4) is 0 Å². The van der Waals surface area contributed by atoms with Crippen molar-refractivity contribution in [2.45, 2.75) is 6.10 Å². The molecule has 0 fully saturated rings. The summed E-state index contributed by atoms with van der Waals surface area (Å²) in [6.45, 7) is 0. The number of hydrogen-bond donors (Lipinski definition) is 2. The van der Waals surface area contributed by atoms with E-state index in [9.17, 15) is 9.50 Å². The van der Waals surface area contributed by atoms with Crippen LogP contribution in [-0.2, 0) is 0 Å². The number of nitrogens with one attached hydrogen (secondary N) is 1. The molecular weight excluding hydrogens is 261 g/mol. The van der Waals surface area contributed by atoms with E-state index in [-0.39, 0.29) is 5.56 Å². The number of aromatic nitrogens is 1. The molecule has 1 aromatic heterocycles. The van der Waals surface area contributed by atoms with Crippen molar-refractivity contribution in [2.24, 2.45) is 0 Å². The smallest absolute Gasteiger partial charge is 0.130 e. The lowest BCUT2D eigenvalue weighted by molar-refractivity contribution is 0.210. The normalized spacial score (nSPS) is 12.7. The predicted molar refractivity (Wildman–Crippen MR) is 59.0 cm³/mol. The first-order valence-corrected chi connectivity index (χ1v) is 5.24. The number of hydrogen-bond acceptors (Lipinski definition) is 1. The van der Waals surface area contributed by atoms with Crippen molar-refractivity contribution in [2.75, 3.05) is 0 Å². The first kappa shape index (κ1) is 10.4. The minimum absolute atomic E-state index is 0.250. The van der Waals surface area contributed by atoms with Crippen LogP contribution >= 0.6 is 15.9 Å². The van der Waals surface area contributed by atoms with Crippen molar-refractivity contribution in [3.63, 3.8) is 0 Å². The van der Waals surface area contributed by atoms with E-state index >= 15 is 0 Å². The van der Waals surface area contributed by atoms with E-state index in [0.717, 1.165) is 0 Å². The van der Waals surface area contributed by atoms with E-state index in [4.69, 9.17) is 0 Å². The number of halogens is 2. The van der Waals surface area contributed by atoms with Crippen LogP contribution in [0.2, 0.25) is 0 Å². The summed E-state index contributed by atoms with van der Waals surface area (Å²) in [6, 6.07) is 8.08. The molecule has 0 bridgehead atoms. The summed E-state index contributed by atoms with van der Waals surface area (Å²) in [5, 5.41) is 9.94. The van der Waals surface area contributed by atoms with Crippen LogP contribution in [0.5, 0.6) is 0 Å². The molecule has 4 heteroatoms. The van der Waals surface area contributed by atoms with Crippen LogP contribution in [0.25, 0.3) is 0 Å². The van der Waals surface area contributed by atoms with Gasteiger partial charge in [-0.05, 0) is 24.3 Å². The molecule has 0 spiro atoms. The van der Waals surface area contributed by atoms with Gasteiger partial charge in [0.15, 0.2) is 0 Å². The van der Waals surface area contributed by atoms with E-state index in [1.807, 2.05) is 0 Å². The average molecular weight is 270 g/mol. The second-order valence-electron chi connectivity index (χ2n) is 3.16. The van der Waals surface area contributed by atoms with Crippen molar-refractivity contribution in [3.05, 3.63) is 58.1 Å². The highest BCUT2D eigenvalue weighted by Gasteiger charge is 2.18. The number of aliphatic hydroxyl groups is 1. The topological polar surface area (TPSA) is 36.0 Å². The summed E-state index contributed by atoms with van der Waals surface area (Å²) < 4.78 is 14.0. The molecule has 15 heavy (non-hydrogen) atoms. The molecule has 1 unspecified atom stereocenters. The van der Waals surface area contributed by atoms with Gasteiger partial charge in [0.2, 0.25) is 0 Å². The zero-order chi connectivity index (χ0) is 10.8. The second kappa shape index (κ2) is 4.16. The lowest BCUT2D eigenvalue weighted by atomic mass is 10.1. The summed E-state index contributed by atoms with van der Waals surface area (Å²) in [4.78, 5) is 2.85. The van der Waals surface area contributed by atoms with Crippen LogP contribution < -0.4 is 0 Å². The van der Waals surface area contributed by atoms with E-state index in [1.54, 1.807) is 30.5 Å². The Bertz CT molecular complexity index is 435. The number of rotatable bonds is 2. The maximum Gasteiger partial charge on any atom is 0.130 e. The molecule has 78 valence electrons. The summed E-state index contributed by atoms with van der Waals surface area (Å²) in [5.41, 5.74) is 0.820. The molecular formula is C11H9BrFNO. The van der Waals surface area contributed by atoms with Gasteiger partial charge in [-0.15, -0.1) is 0 Å². The molecule has 1 atom stereocenters. The van der Waals surface area contributed by atoms with Crippen LogP contribution in [0.1, 0.15) is 17.4 Å². The Morgan fingerprint density at radius 1 is 1.27 bits per heavy atom. The summed E-state index contributed by atoms with van der Waals surface area (Å²) in [5.74, 6) is -0.425. The molecule has 0 aliphatic heterocycles. The third-order valence-corrected chi connectivity index (χ3v) is 2.88. The van der Waals surface area contributed by atoms with Gasteiger partial charge < -0.3 is 10.1 Å². The highest BCUT2D eigenvalue weighted by Crippen LogP contribution is 2.29. The fourth-order valence-electron chi connectivity index (χ4n) is 1.44. The number of aromatic amines is 1. The highest BCUT2D eigenvalue weighted by atomic mass is 79.9. The zero-order valence-electron chi connectivity index (χ0n) is 7.74. The molecule has 2 nitrogen and oxygen atoms in total. The minimum Gasteiger partial charge on any atom is -0.382 e. The van der Waals surface area contributed by atoms with Crippen LogP contribution in [0, 0.1) is 5.82 Å². The molecule has 0 amide bonds. The maximum atomic E-state index is 13.5. The number of H-pyrrole nitrogens is 1. The molecule has 0 saturated heterocycles. The standard InChI is InChI=1S/C11H9BrFNO/c12-7-3-1-4-8(13)10(7)11(15)9-5-2-6-14-9/h1-6,11,14-15H. The summed E-state index contributed by atoms with van der Waals surface area (Å²) in [6.07, 6.45) is 0.711. The fourth-order valence-corrected chi connectivity index (χ4v) is 2.00. The Balaban J connectivity index is 2.46. The van der Waals surface area contributed by atoms with Crippen LogP contribution in [-0.4, -0.2) is 10.1 Å². The monoisotopic (exact) mass is 269 g/mol. The van der Waals surface area contributed by atoms with Gasteiger partial charge in [-0.2, -0.15) is 0 Å².